The predicted octanol–water partition coefficient (Wildman–Crippen LogP) is 5.96. The summed E-state index contributed by atoms with van der Waals surface area (Å²) in [4.78, 5) is 29.0. The Balaban J connectivity index is 2.04. The molecular formula is C32H40ClN3O5S. The number of aryl methyl sites for hydroxylation is 1. The largest absolute Gasteiger partial charge is 0.494 e. The number of hydrogen-bond donors (Lipinski definition) is 1. The van der Waals surface area contributed by atoms with Crippen molar-refractivity contribution in [3.63, 3.8) is 0 Å². The van der Waals surface area contributed by atoms with Gasteiger partial charge in [-0.05, 0) is 87.7 Å². The molecule has 0 aliphatic carbocycles. The van der Waals surface area contributed by atoms with Gasteiger partial charge in [-0.1, -0.05) is 55.3 Å². The van der Waals surface area contributed by atoms with E-state index in [0.29, 0.717) is 29.5 Å². The lowest BCUT2D eigenvalue weighted by Crippen LogP contribution is -2.53. The molecule has 3 rings (SSSR count). The summed E-state index contributed by atoms with van der Waals surface area (Å²) in [6.07, 6.45) is 1.08. The van der Waals surface area contributed by atoms with Gasteiger partial charge in [0.05, 0.1) is 17.2 Å². The highest BCUT2D eigenvalue weighted by molar-refractivity contribution is 7.92. The molecule has 10 heteroatoms. The number of amides is 2. The van der Waals surface area contributed by atoms with E-state index in [2.05, 4.69) is 5.32 Å². The van der Waals surface area contributed by atoms with E-state index in [1.807, 2.05) is 34.6 Å². The number of anilines is 1. The molecule has 2 amide bonds. The monoisotopic (exact) mass is 613 g/mol. The molecule has 1 N–H and O–H groups in total. The van der Waals surface area contributed by atoms with Gasteiger partial charge < -0.3 is 15.0 Å². The van der Waals surface area contributed by atoms with Crippen LogP contribution in [0.2, 0.25) is 5.02 Å². The first-order valence-corrected chi connectivity index (χ1v) is 16.0. The molecule has 0 bridgehead atoms. The fourth-order valence-electron chi connectivity index (χ4n) is 4.39. The van der Waals surface area contributed by atoms with Gasteiger partial charge in [0.1, 0.15) is 18.3 Å². The van der Waals surface area contributed by atoms with Crippen molar-refractivity contribution in [1.82, 2.24) is 10.2 Å². The van der Waals surface area contributed by atoms with Crippen LogP contribution in [-0.4, -0.2) is 50.4 Å². The van der Waals surface area contributed by atoms with Crippen LogP contribution in [0, 0.1) is 6.92 Å². The number of carbonyl (C=O) groups excluding carboxylic acids is 2. The van der Waals surface area contributed by atoms with Crippen LogP contribution in [0.4, 0.5) is 5.69 Å². The molecule has 0 unspecified atom stereocenters. The third-order valence-electron chi connectivity index (χ3n) is 6.98. The molecule has 0 spiro atoms. The lowest BCUT2D eigenvalue weighted by atomic mass is 10.1. The van der Waals surface area contributed by atoms with Crippen LogP contribution in [0.1, 0.15) is 51.7 Å². The minimum atomic E-state index is -4.17. The SMILES string of the molecule is CCOc1ccc(S(=O)(=O)N(CC(=O)N(Cc2ccc(Cl)cc2)[C@@H](CC)C(=O)N[C@@H](C)CC)c2ccc(C)cc2)cc1. The summed E-state index contributed by atoms with van der Waals surface area (Å²) in [5.74, 6) is -0.252. The van der Waals surface area contributed by atoms with Crippen molar-refractivity contribution in [2.24, 2.45) is 0 Å². The first kappa shape index (κ1) is 32.9. The second-order valence-electron chi connectivity index (χ2n) is 10.1. The van der Waals surface area contributed by atoms with Crippen LogP contribution in [0.25, 0.3) is 0 Å². The van der Waals surface area contributed by atoms with Gasteiger partial charge in [0.25, 0.3) is 10.0 Å². The highest BCUT2D eigenvalue weighted by Crippen LogP contribution is 2.27. The minimum absolute atomic E-state index is 0.0186. The molecule has 0 aliphatic heterocycles. The van der Waals surface area contributed by atoms with Gasteiger partial charge in [-0.3, -0.25) is 13.9 Å². The maximum atomic E-state index is 14.1. The maximum absolute atomic E-state index is 14.1. The molecule has 3 aromatic rings. The molecule has 3 aromatic carbocycles. The zero-order chi connectivity index (χ0) is 30.9. The van der Waals surface area contributed by atoms with E-state index in [1.165, 1.54) is 17.0 Å². The molecule has 0 radical (unpaired) electrons. The number of carbonyl (C=O) groups is 2. The second kappa shape index (κ2) is 15.1. The van der Waals surface area contributed by atoms with Crippen LogP contribution in [0.5, 0.6) is 5.75 Å². The molecule has 0 fully saturated rings. The third-order valence-corrected chi connectivity index (χ3v) is 9.02. The third kappa shape index (κ3) is 8.49. The van der Waals surface area contributed by atoms with E-state index in [4.69, 9.17) is 16.3 Å². The van der Waals surface area contributed by atoms with E-state index >= 15 is 0 Å². The zero-order valence-corrected chi connectivity index (χ0v) is 26.4. The Morgan fingerprint density at radius 1 is 0.905 bits per heavy atom. The number of halogens is 1. The fraction of sp³-hybridized carbons (Fsp3) is 0.375. The lowest BCUT2D eigenvalue weighted by Gasteiger charge is -2.33. The van der Waals surface area contributed by atoms with Crippen LogP contribution in [0.3, 0.4) is 0 Å². The summed E-state index contributed by atoms with van der Waals surface area (Å²) in [5.41, 5.74) is 2.05. The van der Waals surface area contributed by atoms with Crippen molar-refractivity contribution in [3.05, 3.63) is 88.9 Å². The molecule has 2 atom stereocenters. The van der Waals surface area contributed by atoms with Gasteiger partial charge in [0, 0.05) is 17.6 Å². The van der Waals surface area contributed by atoms with Gasteiger partial charge in [0.15, 0.2) is 0 Å². The smallest absolute Gasteiger partial charge is 0.264 e. The predicted molar refractivity (Wildman–Crippen MR) is 167 cm³/mol. The number of ether oxygens (including phenoxy) is 1. The molecule has 0 saturated heterocycles. The number of benzene rings is 3. The van der Waals surface area contributed by atoms with Crippen LogP contribution < -0.4 is 14.4 Å². The number of nitrogens with zero attached hydrogens (tertiary/aromatic N) is 2. The van der Waals surface area contributed by atoms with Crippen molar-refractivity contribution in [1.29, 1.82) is 0 Å². The molecule has 0 heterocycles. The van der Waals surface area contributed by atoms with Crippen molar-refractivity contribution < 1.29 is 22.7 Å². The fourth-order valence-corrected chi connectivity index (χ4v) is 5.93. The van der Waals surface area contributed by atoms with Gasteiger partial charge in [-0.25, -0.2) is 8.42 Å². The number of rotatable bonds is 14. The van der Waals surface area contributed by atoms with E-state index in [9.17, 15) is 18.0 Å². The summed E-state index contributed by atoms with van der Waals surface area (Å²) in [5, 5.41) is 3.52. The lowest BCUT2D eigenvalue weighted by molar-refractivity contribution is -0.140. The number of nitrogens with one attached hydrogen (secondary N) is 1. The summed E-state index contributed by atoms with van der Waals surface area (Å²) >= 11 is 6.08. The Hall–Kier alpha value is -3.56. The Morgan fingerprint density at radius 2 is 1.52 bits per heavy atom. The normalized spacial score (nSPS) is 12.7. The average Bonchev–Trinajstić information content (AvgIpc) is 2.97. The van der Waals surface area contributed by atoms with Gasteiger partial charge in [-0.15, -0.1) is 0 Å². The summed E-state index contributed by atoms with van der Waals surface area (Å²) in [6.45, 7) is 9.49. The molecule has 42 heavy (non-hydrogen) atoms. The van der Waals surface area contributed by atoms with E-state index in [1.54, 1.807) is 60.7 Å². The quantitative estimate of drug-likeness (QED) is 0.242. The number of hydrogen-bond acceptors (Lipinski definition) is 5. The average molecular weight is 614 g/mol. The van der Waals surface area contributed by atoms with Crippen molar-refractivity contribution >= 4 is 39.1 Å². The Morgan fingerprint density at radius 3 is 2.07 bits per heavy atom. The Bertz CT molecular complexity index is 1430. The molecule has 0 aliphatic rings. The Labute approximate surface area is 254 Å². The van der Waals surface area contributed by atoms with E-state index in [0.717, 1.165) is 21.9 Å². The summed E-state index contributed by atoms with van der Waals surface area (Å²) in [6, 6.07) is 19.2. The van der Waals surface area contributed by atoms with E-state index in [-0.39, 0.29) is 23.4 Å². The summed E-state index contributed by atoms with van der Waals surface area (Å²) in [7, 11) is -4.17. The zero-order valence-electron chi connectivity index (χ0n) is 24.8. The molecular weight excluding hydrogens is 574 g/mol. The maximum Gasteiger partial charge on any atom is 0.264 e. The first-order chi connectivity index (χ1) is 20.0. The highest BCUT2D eigenvalue weighted by Gasteiger charge is 2.34. The standard InChI is InChI=1S/C32H40ClN3O5S/c1-6-24(5)34-32(38)30(7-2)35(21-25-11-13-26(33)14-12-25)31(37)22-36(27-15-9-23(4)10-16-27)42(39,40)29-19-17-28(18-20-29)41-8-3/h9-20,24,30H,6-8,21-22H2,1-5H3,(H,34,38)/t24-,30-/m0/s1. The van der Waals surface area contributed by atoms with Crippen molar-refractivity contribution in [3.8, 4) is 5.75 Å². The minimum Gasteiger partial charge on any atom is -0.494 e. The molecule has 0 aromatic heterocycles. The molecule has 226 valence electrons. The number of sulfonamides is 1. The van der Waals surface area contributed by atoms with Crippen LogP contribution in [-0.2, 0) is 26.2 Å². The van der Waals surface area contributed by atoms with Crippen molar-refractivity contribution in [2.75, 3.05) is 17.5 Å². The van der Waals surface area contributed by atoms with Gasteiger partial charge >= 0.3 is 0 Å². The molecule has 8 nitrogen and oxygen atoms in total. The topological polar surface area (TPSA) is 96.0 Å². The van der Waals surface area contributed by atoms with Crippen LogP contribution in [0.15, 0.2) is 77.7 Å². The Kier molecular flexibility index (Phi) is 11.8. The molecule has 0 saturated carbocycles. The van der Waals surface area contributed by atoms with Gasteiger partial charge in [0.2, 0.25) is 11.8 Å². The first-order valence-electron chi connectivity index (χ1n) is 14.2. The van der Waals surface area contributed by atoms with Crippen molar-refractivity contribution in [2.45, 2.75) is 71.0 Å². The van der Waals surface area contributed by atoms with Crippen LogP contribution >= 0.6 is 11.6 Å². The summed E-state index contributed by atoms with van der Waals surface area (Å²) < 4.78 is 34.6. The second-order valence-corrected chi connectivity index (χ2v) is 12.4. The highest BCUT2D eigenvalue weighted by atomic mass is 35.5. The van der Waals surface area contributed by atoms with E-state index < -0.39 is 28.5 Å². The van der Waals surface area contributed by atoms with Gasteiger partial charge in [-0.2, -0.15) is 0 Å².